The highest BCUT2D eigenvalue weighted by Crippen LogP contribution is 2.08. The summed E-state index contributed by atoms with van der Waals surface area (Å²) >= 11 is 0. The van der Waals surface area contributed by atoms with E-state index in [1.807, 2.05) is 6.92 Å². The number of rotatable bonds is 4. The molecule has 4 heteroatoms. The first-order valence-electron chi connectivity index (χ1n) is 4.28. The van der Waals surface area contributed by atoms with Crippen LogP contribution in [0.15, 0.2) is 18.7 Å². The molecule has 1 heterocycles. The standard InChI is InChI=1S/C9H13N3O/c1-2-7(3-10)9(13)8-4-11-6-12-5-8/h4-7H,2-3,10H2,1H3. The van der Waals surface area contributed by atoms with E-state index in [-0.39, 0.29) is 11.7 Å². The lowest BCUT2D eigenvalue weighted by atomic mass is 9.97. The third-order valence-corrected chi connectivity index (χ3v) is 1.99. The lowest BCUT2D eigenvalue weighted by Crippen LogP contribution is -2.23. The zero-order valence-corrected chi connectivity index (χ0v) is 7.60. The van der Waals surface area contributed by atoms with Gasteiger partial charge in [-0.05, 0) is 6.42 Å². The molecule has 1 rings (SSSR count). The fourth-order valence-corrected chi connectivity index (χ4v) is 1.12. The van der Waals surface area contributed by atoms with E-state index in [2.05, 4.69) is 9.97 Å². The van der Waals surface area contributed by atoms with E-state index in [0.29, 0.717) is 12.1 Å². The lowest BCUT2D eigenvalue weighted by molar-refractivity contribution is 0.0920. The minimum absolute atomic E-state index is 0.0330. The van der Waals surface area contributed by atoms with E-state index in [0.717, 1.165) is 6.42 Å². The Labute approximate surface area is 77.2 Å². The van der Waals surface area contributed by atoms with Gasteiger partial charge in [-0.3, -0.25) is 4.79 Å². The zero-order chi connectivity index (χ0) is 9.68. The topological polar surface area (TPSA) is 68.9 Å². The predicted octanol–water partition coefficient (Wildman–Crippen LogP) is 0.644. The van der Waals surface area contributed by atoms with Crippen molar-refractivity contribution in [1.82, 2.24) is 9.97 Å². The van der Waals surface area contributed by atoms with Gasteiger partial charge in [-0.2, -0.15) is 0 Å². The van der Waals surface area contributed by atoms with Crippen LogP contribution in [0.25, 0.3) is 0 Å². The number of nitrogens with zero attached hydrogens (tertiary/aromatic N) is 2. The maximum atomic E-state index is 11.6. The van der Waals surface area contributed by atoms with Gasteiger partial charge in [-0.25, -0.2) is 9.97 Å². The largest absolute Gasteiger partial charge is 0.330 e. The fourth-order valence-electron chi connectivity index (χ4n) is 1.12. The van der Waals surface area contributed by atoms with Crippen LogP contribution >= 0.6 is 0 Å². The van der Waals surface area contributed by atoms with Crippen molar-refractivity contribution in [3.8, 4) is 0 Å². The summed E-state index contributed by atoms with van der Waals surface area (Å²) < 4.78 is 0. The molecular weight excluding hydrogens is 166 g/mol. The molecule has 0 amide bonds. The van der Waals surface area contributed by atoms with Crippen LogP contribution in [0.4, 0.5) is 0 Å². The highest BCUT2D eigenvalue weighted by molar-refractivity contribution is 5.97. The Hall–Kier alpha value is -1.29. The molecule has 0 aliphatic heterocycles. The zero-order valence-electron chi connectivity index (χ0n) is 7.60. The summed E-state index contributed by atoms with van der Waals surface area (Å²) in [6.07, 6.45) is 5.20. The van der Waals surface area contributed by atoms with Crippen molar-refractivity contribution in [3.63, 3.8) is 0 Å². The van der Waals surface area contributed by atoms with Gasteiger partial charge >= 0.3 is 0 Å². The summed E-state index contributed by atoms with van der Waals surface area (Å²) in [4.78, 5) is 19.2. The third kappa shape index (κ3) is 2.32. The highest BCUT2D eigenvalue weighted by atomic mass is 16.1. The first-order valence-corrected chi connectivity index (χ1v) is 4.28. The van der Waals surface area contributed by atoms with Crippen molar-refractivity contribution in [2.75, 3.05) is 6.54 Å². The Morgan fingerprint density at radius 1 is 1.54 bits per heavy atom. The maximum absolute atomic E-state index is 11.6. The highest BCUT2D eigenvalue weighted by Gasteiger charge is 2.16. The Bertz CT molecular complexity index is 269. The Morgan fingerprint density at radius 2 is 2.15 bits per heavy atom. The molecule has 0 spiro atoms. The summed E-state index contributed by atoms with van der Waals surface area (Å²) in [6.45, 7) is 2.32. The fraction of sp³-hybridized carbons (Fsp3) is 0.444. The molecule has 1 aromatic heterocycles. The Morgan fingerprint density at radius 3 is 2.62 bits per heavy atom. The molecule has 0 radical (unpaired) electrons. The van der Waals surface area contributed by atoms with E-state index >= 15 is 0 Å². The molecule has 2 N–H and O–H groups in total. The summed E-state index contributed by atoms with van der Waals surface area (Å²) in [6, 6.07) is 0. The predicted molar refractivity (Wildman–Crippen MR) is 49.2 cm³/mol. The first kappa shape index (κ1) is 9.80. The number of nitrogens with two attached hydrogens (primary N) is 1. The molecular formula is C9H13N3O. The van der Waals surface area contributed by atoms with Gasteiger partial charge in [0.1, 0.15) is 6.33 Å². The normalized spacial score (nSPS) is 12.5. The van der Waals surface area contributed by atoms with Crippen LogP contribution in [0.1, 0.15) is 23.7 Å². The van der Waals surface area contributed by atoms with Gasteiger partial charge in [0.25, 0.3) is 0 Å². The van der Waals surface area contributed by atoms with Crippen molar-refractivity contribution >= 4 is 5.78 Å². The van der Waals surface area contributed by atoms with Crippen molar-refractivity contribution in [2.45, 2.75) is 13.3 Å². The molecule has 0 saturated carbocycles. The number of ketones is 1. The van der Waals surface area contributed by atoms with Crippen LogP contribution in [-0.4, -0.2) is 22.3 Å². The lowest BCUT2D eigenvalue weighted by Gasteiger charge is -2.09. The van der Waals surface area contributed by atoms with Gasteiger partial charge in [0, 0.05) is 24.9 Å². The molecule has 0 fully saturated rings. The quantitative estimate of drug-likeness (QED) is 0.689. The molecule has 0 saturated heterocycles. The van der Waals surface area contributed by atoms with Gasteiger partial charge in [0.05, 0.1) is 5.56 Å². The van der Waals surface area contributed by atoms with Crippen LogP contribution in [0.2, 0.25) is 0 Å². The number of carbonyl (C=O) groups excluding carboxylic acids is 1. The molecule has 70 valence electrons. The van der Waals surface area contributed by atoms with Crippen LogP contribution in [-0.2, 0) is 0 Å². The molecule has 1 unspecified atom stereocenters. The van der Waals surface area contributed by atoms with E-state index < -0.39 is 0 Å². The summed E-state index contributed by atoms with van der Waals surface area (Å²) in [7, 11) is 0. The van der Waals surface area contributed by atoms with Crippen molar-refractivity contribution < 1.29 is 4.79 Å². The number of carbonyl (C=O) groups is 1. The molecule has 0 aliphatic rings. The van der Waals surface area contributed by atoms with Crippen LogP contribution in [0.5, 0.6) is 0 Å². The molecule has 0 aliphatic carbocycles. The van der Waals surface area contributed by atoms with Gasteiger partial charge in [0.15, 0.2) is 5.78 Å². The number of Topliss-reactive ketones (excluding diaryl/α,β-unsaturated/α-hetero) is 1. The first-order chi connectivity index (χ1) is 6.29. The van der Waals surface area contributed by atoms with Gasteiger partial charge in [-0.15, -0.1) is 0 Å². The summed E-state index contributed by atoms with van der Waals surface area (Å²) in [5.41, 5.74) is 6.00. The van der Waals surface area contributed by atoms with E-state index in [4.69, 9.17) is 5.73 Å². The maximum Gasteiger partial charge on any atom is 0.170 e. The number of hydrogen-bond donors (Lipinski definition) is 1. The number of hydrogen-bond acceptors (Lipinski definition) is 4. The van der Waals surface area contributed by atoms with Gasteiger partial charge in [-0.1, -0.05) is 6.92 Å². The number of aromatic nitrogens is 2. The molecule has 4 nitrogen and oxygen atoms in total. The van der Waals surface area contributed by atoms with Crippen LogP contribution in [0, 0.1) is 5.92 Å². The van der Waals surface area contributed by atoms with Crippen molar-refractivity contribution in [3.05, 3.63) is 24.3 Å². The van der Waals surface area contributed by atoms with Crippen molar-refractivity contribution in [1.29, 1.82) is 0 Å². The second-order valence-corrected chi connectivity index (χ2v) is 2.83. The smallest absolute Gasteiger partial charge is 0.170 e. The van der Waals surface area contributed by atoms with Gasteiger partial charge in [0.2, 0.25) is 0 Å². The van der Waals surface area contributed by atoms with Crippen molar-refractivity contribution in [2.24, 2.45) is 11.7 Å². The minimum atomic E-state index is -0.106. The Kier molecular flexibility index (Phi) is 3.52. The third-order valence-electron chi connectivity index (χ3n) is 1.99. The monoisotopic (exact) mass is 179 g/mol. The molecule has 1 aromatic rings. The van der Waals surface area contributed by atoms with Crippen LogP contribution in [0.3, 0.4) is 0 Å². The van der Waals surface area contributed by atoms with Crippen LogP contribution < -0.4 is 5.73 Å². The summed E-state index contributed by atoms with van der Waals surface area (Å²) in [5, 5.41) is 0. The average Bonchev–Trinajstić information content (AvgIpc) is 2.21. The SMILES string of the molecule is CCC(CN)C(=O)c1cncnc1. The van der Waals surface area contributed by atoms with E-state index in [1.54, 1.807) is 0 Å². The molecule has 0 bridgehead atoms. The van der Waals surface area contributed by atoms with E-state index in [1.165, 1.54) is 18.7 Å². The molecule has 0 aromatic carbocycles. The second kappa shape index (κ2) is 4.67. The molecule has 1 atom stereocenters. The second-order valence-electron chi connectivity index (χ2n) is 2.83. The average molecular weight is 179 g/mol. The Balaban J connectivity index is 2.78. The summed E-state index contributed by atoms with van der Waals surface area (Å²) in [5.74, 6) is -0.0726. The van der Waals surface area contributed by atoms with E-state index in [9.17, 15) is 4.79 Å². The molecule has 13 heavy (non-hydrogen) atoms. The van der Waals surface area contributed by atoms with Gasteiger partial charge < -0.3 is 5.73 Å². The minimum Gasteiger partial charge on any atom is -0.330 e.